The van der Waals surface area contributed by atoms with E-state index in [0.717, 1.165) is 38.5 Å². The summed E-state index contributed by atoms with van der Waals surface area (Å²) in [6.45, 7) is 6.51. The Bertz CT molecular complexity index is 242. The van der Waals surface area contributed by atoms with Gasteiger partial charge in [-0.3, -0.25) is 0 Å². The van der Waals surface area contributed by atoms with Gasteiger partial charge in [0.1, 0.15) is 0 Å². The fourth-order valence-corrected chi connectivity index (χ4v) is 2.30. The normalized spacial score (nSPS) is 22.5. The van der Waals surface area contributed by atoms with Crippen LogP contribution in [0.5, 0.6) is 0 Å². The van der Waals surface area contributed by atoms with Crippen molar-refractivity contribution < 1.29 is 25.2 Å². The number of hydrogen-bond acceptors (Lipinski definition) is 5. The zero-order valence-corrected chi connectivity index (χ0v) is 12.8. The van der Waals surface area contributed by atoms with E-state index in [1.54, 1.807) is 0 Å². The quantitative estimate of drug-likeness (QED) is 0.465. The highest BCUT2D eigenvalue weighted by Crippen LogP contribution is 2.25. The summed E-state index contributed by atoms with van der Waals surface area (Å²) in [6.07, 6.45) is 11.0. The molecule has 0 aromatic rings. The van der Waals surface area contributed by atoms with Crippen molar-refractivity contribution in [1.29, 1.82) is 0 Å². The van der Waals surface area contributed by atoms with E-state index in [4.69, 9.17) is 20.4 Å². The number of ether oxygens (including phenoxy) is 1. The van der Waals surface area contributed by atoms with Gasteiger partial charge in [0.2, 0.25) is 0 Å². The SMILES string of the molecule is C=COC=C.OC1(O)CCCCC1.OC1(O)CCCCC1. The van der Waals surface area contributed by atoms with E-state index < -0.39 is 11.6 Å². The third kappa shape index (κ3) is 12.6. The molecule has 0 aromatic carbocycles. The van der Waals surface area contributed by atoms with Gasteiger partial charge in [0, 0.05) is 25.7 Å². The minimum atomic E-state index is -1.32. The predicted octanol–water partition coefficient (Wildman–Crippen LogP) is 2.55. The summed E-state index contributed by atoms with van der Waals surface area (Å²) in [5.41, 5.74) is 0. The lowest BCUT2D eigenvalue weighted by Gasteiger charge is -2.25. The van der Waals surface area contributed by atoms with E-state index in [-0.39, 0.29) is 0 Å². The maximum Gasteiger partial charge on any atom is 0.162 e. The number of rotatable bonds is 2. The molecule has 2 fully saturated rings. The van der Waals surface area contributed by atoms with Crippen LogP contribution in [0.4, 0.5) is 0 Å². The van der Waals surface area contributed by atoms with Gasteiger partial charge in [-0.2, -0.15) is 0 Å². The molecule has 5 heteroatoms. The van der Waals surface area contributed by atoms with E-state index in [2.05, 4.69) is 17.9 Å². The fraction of sp³-hybridized carbons (Fsp3) is 0.750. The van der Waals surface area contributed by atoms with Gasteiger partial charge in [0.05, 0.1) is 12.5 Å². The molecule has 0 atom stereocenters. The molecule has 2 rings (SSSR count). The molecule has 124 valence electrons. The molecular weight excluding hydrogens is 272 g/mol. The van der Waals surface area contributed by atoms with Gasteiger partial charge in [-0.1, -0.05) is 26.0 Å². The number of aliphatic hydroxyl groups is 4. The summed E-state index contributed by atoms with van der Waals surface area (Å²) >= 11 is 0. The standard InChI is InChI=1S/2C6H12O2.C4H6O/c2*7-6(8)4-2-1-3-5-6;1-3-5-4-2/h2*7-8H,1-5H2;3-4H,1-2H2. The van der Waals surface area contributed by atoms with Crippen molar-refractivity contribution in [3.63, 3.8) is 0 Å². The molecule has 0 aliphatic heterocycles. The van der Waals surface area contributed by atoms with E-state index >= 15 is 0 Å². The van der Waals surface area contributed by atoms with E-state index in [1.165, 1.54) is 12.5 Å². The lowest BCUT2D eigenvalue weighted by molar-refractivity contribution is -0.180. The van der Waals surface area contributed by atoms with Crippen LogP contribution in [0.25, 0.3) is 0 Å². The Hall–Kier alpha value is -0.880. The second kappa shape index (κ2) is 10.8. The smallest absolute Gasteiger partial charge is 0.162 e. The van der Waals surface area contributed by atoms with Crippen LogP contribution in [0.2, 0.25) is 0 Å². The van der Waals surface area contributed by atoms with Crippen molar-refractivity contribution in [1.82, 2.24) is 0 Å². The molecule has 2 saturated carbocycles. The molecule has 4 N–H and O–H groups in total. The molecule has 0 amide bonds. The molecule has 0 radical (unpaired) electrons. The minimum Gasteiger partial charge on any atom is -0.474 e. The van der Waals surface area contributed by atoms with Gasteiger partial charge < -0.3 is 25.2 Å². The first-order chi connectivity index (χ1) is 9.83. The van der Waals surface area contributed by atoms with Crippen LogP contribution in [0.3, 0.4) is 0 Å². The molecule has 0 heterocycles. The van der Waals surface area contributed by atoms with E-state index in [1.807, 2.05) is 0 Å². The van der Waals surface area contributed by atoms with Gasteiger partial charge in [-0.15, -0.1) is 0 Å². The largest absolute Gasteiger partial charge is 0.474 e. The Labute approximate surface area is 127 Å². The molecule has 2 aliphatic carbocycles. The van der Waals surface area contributed by atoms with Crippen molar-refractivity contribution in [3.05, 3.63) is 25.7 Å². The maximum absolute atomic E-state index is 8.93. The fourth-order valence-electron chi connectivity index (χ4n) is 2.30. The Kier molecular flexibility index (Phi) is 10.3. The van der Waals surface area contributed by atoms with Gasteiger partial charge in [-0.25, -0.2) is 0 Å². The highest BCUT2D eigenvalue weighted by atomic mass is 16.5. The maximum atomic E-state index is 8.93. The molecular formula is C16H30O5. The average Bonchev–Trinajstić information content (AvgIpc) is 2.40. The summed E-state index contributed by atoms with van der Waals surface area (Å²) < 4.78 is 4.36. The van der Waals surface area contributed by atoms with Crippen molar-refractivity contribution in [2.75, 3.05) is 0 Å². The van der Waals surface area contributed by atoms with Gasteiger partial charge in [0.25, 0.3) is 0 Å². The topological polar surface area (TPSA) is 90.2 Å². The lowest BCUT2D eigenvalue weighted by Crippen LogP contribution is -2.30. The van der Waals surface area contributed by atoms with E-state index in [9.17, 15) is 0 Å². The average molecular weight is 302 g/mol. The first-order valence-corrected chi connectivity index (χ1v) is 7.60. The minimum absolute atomic E-state index is 0.562. The third-order valence-corrected chi connectivity index (χ3v) is 3.50. The Balaban J connectivity index is 0.000000296. The highest BCUT2D eigenvalue weighted by Gasteiger charge is 2.25. The van der Waals surface area contributed by atoms with Crippen LogP contribution in [-0.4, -0.2) is 32.0 Å². The summed E-state index contributed by atoms with van der Waals surface area (Å²) in [5, 5.41) is 35.7. The first kappa shape index (κ1) is 20.1. The molecule has 0 bridgehead atoms. The van der Waals surface area contributed by atoms with Crippen molar-refractivity contribution in [2.24, 2.45) is 0 Å². The summed E-state index contributed by atoms with van der Waals surface area (Å²) in [5.74, 6) is -2.64. The van der Waals surface area contributed by atoms with Crippen LogP contribution in [-0.2, 0) is 4.74 Å². The van der Waals surface area contributed by atoms with Crippen molar-refractivity contribution >= 4 is 0 Å². The third-order valence-electron chi connectivity index (χ3n) is 3.50. The summed E-state index contributed by atoms with van der Waals surface area (Å²) in [7, 11) is 0. The first-order valence-electron chi connectivity index (χ1n) is 7.60. The predicted molar refractivity (Wildman–Crippen MR) is 82.0 cm³/mol. The molecule has 0 saturated heterocycles. The Morgan fingerprint density at radius 3 is 1.00 bits per heavy atom. The Morgan fingerprint density at radius 2 is 0.905 bits per heavy atom. The zero-order chi connectivity index (χ0) is 16.2. The van der Waals surface area contributed by atoms with Crippen LogP contribution in [0.1, 0.15) is 64.2 Å². The van der Waals surface area contributed by atoms with Gasteiger partial charge in [-0.05, 0) is 25.7 Å². The summed E-state index contributed by atoms with van der Waals surface area (Å²) in [4.78, 5) is 0. The summed E-state index contributed by atoms with van der Waals surface area (Å²) in [6, 6.07) is 0. The second-order valence-electron chi connectivity index (χ2n) is 5.56. The molecule has 21 heavy (non-hydrogen) atoms. The Morgan fingerprint density at radius 1 is 0.619 bits per heavy atom. The van der Waals surface area contributed by atoms with Gasteiger partial charge in [0.15, 0.2) is 11.6 Å². The molecule has 5 nitrogen and oxygen atoms in total. The van der Waals surface area contributed by atoms with Crippen LogP contribution in [0.15, 0.2) is 25.7 Å². The van der Waals surface area contributed by atoms with Crippen LogP contribution < -0.4 is 0 Å². The second-order valence-corrected chi connectivity index (χ2v) is 5.56. The number of hydrogen-bond donors (Lipinski definition) is 4. The van der Waals surface area contributed by atoms with Crippen LogP contribution >= 0.6 is 0 Å². The molecule has 2 aliphatic rings. The highest BCUT2D eigenvalue weighted by molar-refractivity contribution is 4.70. The zero-order valence-electron chi connectivity index (χ0n) is 12.8. The van der Waals surface area contributed by atoms with Crippen molar-refractivity contribution in [2.45, 2.75) is 75.8 Å². The monoisotopic (exact) mass is 302 g/mol. The van der Waals surface area contributed by atoms with Gasteiger partial charge >= 0.3 is 0 Å². The molecule has 0 spiro atoms. The lowest BCUT2D eigenvalue weighted by atomic mass is 9.95. The molecule has 0 aromatic heterocycles. The van der Waals surface area contributed by atoms with Crippen molar-refractivity contribution in [3.8, 4) is 0 Å². The van der Waals surface area contributed by atoms with E-state index in [0.29, 0.717) is 25.7 Å². The molecule has 0 unspecified atom stereocenters. The van der Waals surface area contributed by atoms with Crippen LogP contribution in [0, 0.1) is 0 Å².